The quantitative estimate of drug-likeness (QED) is 0.625. The maximum atomic E-state index is 12.4. The minimum atomic E-state index is -0.294. The second kappa shape index (κ2) is 5.36. The van der Waals surface area contributed by atoms with Crippen molar-refractivity contribution in [2.24, 2.45) is 7.05 Å². The third-order valence-corrected chi connectivity index (χ3v) is 4.34. The molecule has 114 valence electrons. The Labute approximate surface area is 135 Å². The number of amides is 1. The number of nitrogens with one attached hydrogen (secondary N) is 1. The second-order valence-electron chi connectivity index (χ2n) is 4.95. The van der Waals surface area contributed by atoms with Crippen LogP contribution in [0.2, 0.25) is 0 Å². The molecule has 7 heteroatoms. The summed E-state index contributed by atoms with van der Waals surface area (Å²) < 4.78 is 7.13. The molecule has 3 heterocycles. The first kappa shape index (κ1) is 13.7. The van der Waals surface area contributed by atoms with Crippen molar-refractivity contribution in [1.82, 2.24) is 14.5 Å². The van der Waals surface area contributed by atoms with E-state index in [0.29, 0.717) is 22.4 Å². The molecule has 0 saturated carbocycles. The number of hydrogen-bond donors (Lipinski definition) is 1. The summed E-state index contributed by atoms with van der Waals surface area (Å²) in [6.07, 6.45) is 1.58. The van der Waals surface area contributed by atoms with Crippen molar-refractivity contribution in [3.63, 3.8) is 0 Å². The van der Waals surface area contributed by atoms with Gasteiger partial charge in [0.05, 0.1) is 17.3 Å². The van der Waals surface area contributed by atoms with Crippen molar-refractivity contribution >= 4 is 34.2 Å². The van der Waals surface area contributed by atoms with Crippen LogP contribution in [-0.2, 0) is 7.05 Å². The molecule has 1 aromatic carbocycles. The fraction of sp³-hybridized carbons (Fsp3) is 0.0625. The second-order valence-corrected chi connectivity index (χ2v) is 5.81. The standard InChI is InChI=1S/C16H12N4O2S/c1-20-12-6-3-2-5-10(12)18-16(20)19-14(21)11-9-23-15(17-11)13-7-4-8-22-13/h2-9H,1H3,(H,18,19,21). The molecule has 1 N–H and O–H groups in total. The molecule has 0 aliphatic carbocycles. The van der Waals surface area contributed by atoms with E-state index in [9.17, 15) is 4.79 Å². The Hall–Kier alpha value is -2.93. The fourth-order valence-corrected chi connectivity index (χ4v) is 3.08. The van der Waals surface area contributed by atoms with Crippen molar-refractivity contribution in [1.29, 1.82) is 0 Å². The fourth-order valence-electron chi connectivity index (χ4n) is 2.31. The number of hydrogen-bond acceptors (Lipinski definition) is 5. The lowest BCUT2D eigenvalue weighted by Crippen LogP contribution is -2.15. The lowest BCUT2D eigenvalue weighted by atomic mass is 10.3. The molecule has 0 aliphatic heterocycles. The molecule has 1 amide bonds. The van der Waals surface area contributed by atoms with Crippen molar-refractivity contribution in [3.8, 4) is 10.8 Å². The van der Waals surface area contributed by atoms with E-state index >= 15 is 0 Å². The zero-order valence-corrected chi connectivity index (χ0v) is 13.0. The molecule has 4 aromatic rings. The van der Waals surface area contributed by atoms with Crippen LogP contribution in [-0.4, -0.2) is 20.4 Å². The van der Waals surface area contributed by atoms with Crippen LogP contribution in [0.15, 0.2) is 52.5 Å². The van der Waals surface area contributed by atoms with Gasteiger partial charge < -0.3 is 8.98 Å². The van der Waals surface area contributed by atoms with Gasteiger partial charge in [-0.2, -0.15) is 0 Å². The molecule has 0 spiro atoms. The number of furan rings is 1. The minimum absolute atomic E-state index is 0.294. The summed E-state index contributed by atoms with van der Waals surface area (Å²) in [5, 5.41) is 5.18. The molecule has 4 rings (SSSR count). The highest BCUT2D eigenvalue weighted by Crippen LogP contribution is 2.24. The van der Waals surface area contributed by atoms with Crippen LogP contribution in [0.5, 0.6) is 0 Å². The zero-order chi connectivity index (χ0) is 15.8. The van der Waals surface area contributed by atoms with Crippen LogP contribution in [0.25, 0.3) is 21.8 Å². The van der Waals surface area contributed by atoms with E-state index in [2.05, 4.69) is 15.3 Å². The summed E-state index contributed by atoms with van der Waals surface area (Å²) in [6.45, 7) is 0. The van der Waals surface area contributed by atoms with Crippen LogP contribution < -0.4 is 5.32 Å². The highest BCUT2D eigenvalue weighted by Gasteiger charge is 2.16. The Balaban J connectivity index is 1.61. The summed E-state index contributed by atoms with van der Waals surface area (Å²) in [5.41, 5.74) is 2.13. The number of carbonyl (C=O) groups is 1. The van der Waals surface area contributed by atoms with Crippen LogP contribution in [0.3, 0.4) is 0 Å². The minimum Gasteiger partial charge on any atom is -0.462 e. The molecule has 0 aliphatic rings. The predicted octanol–water partition coefficient (Wildman–Crippen LogP) is 3.54. The van der Waals surface area contributed by atoms with Gasteiger partial charge in [-0.3, -0.25) is 10.1 Å². The van der Waals surface area contributed by atoms with Crippen molar-refractivity contribution in [2.75, 3.05) is 5.32 Å². The van der Waals surface area contributed by atoms with Gasteiger partial charge in [0.15, 0.2) is 10.8 Å². The molecule has 0 radical (unpaired) electrons. The molecule has 0 fully saturated rings. The van der Waals surface area contributed by atoms with Crippen LogP contribution in [0, 0.1) is 0 Å². The number of benzene rings is 1. The van der Waals surface area contributed by atoms with Gasteiger partial charge in [-0.05, 0) is 24.3 Å². The Kier molecular flexibility index (Phi) is 3.20. The van der Waals surface area contributed by atoms with E-state index in [1.807, 2.05) is 41.9 Å². The Bertz CT molecular complexity index is 985. The first-order valence-electron chi connectivity index (χ1n) is 6.94. The van der Waals surface area contributed by atoms with Crippen LogP contribution >= 0.6 is 11.3 Å². The number of fused-ring (bicyclic) bond motifs is 1. The maximum Gasteiger partial charge on any atom is 0.277 e. The first-order valence-corrected chi connectivity index (χ1v) is 7.82. The maximum absolute atomic E-state index is 12.4. The molecule has 3 aromatic heterocycles. The molecular formula is C16H12N4O2S. The van der Waals surface area contributed by atoms with Gasteiger partial charge in [-0.1, -0.05) is 12.1 Å². The highest BCUT2D eigenvalue weighted by molar-refractivity contribution is 7.13. The number of aromatic nitrogens is 3. The summed E-state index contributed by atoms with van der Waals surface area (Å²) in [4.78, 5) is 21.1. The number of anilines is 1. The molecule has 0 atom stereocenters. The van der Waals surface area contributed by atoms with Gasteiger partial charge in [0.25, 0.3) is 5.91 Å². The molecule has 6 nitrogen and oxygen atoms in total. The van der Waals surface area contributed by atoms with E-state index in [1.165, 1.54) is 11.3 Å². The highest BCUT2D eigenvalue weighted by atomic mass is 32.1. The number of imidazole rings is 1. The van der Waals surface area contributed by atoms with Gasteiger partial charge in [0.1, 0.15) is 5.69 Å². The zero-order valence-electron chi connectivity index (χ0n) is 12.2. The largest absolute Gasteiger partial charge is 0.462 e. The average Bonchev–Trinajstić information content (AvgIpc) is 3.28. The topological polar surface area (TPSA) is 73.0 Å². The number of rotatable bonds is 3. The third kappa shape index (κ3) is 2.40. The number of para-hydroxylation sites is 2. The average molecular weight is 324 g/mol. The van der Waals surface area contributed by atoms with E-state index in [0.717, 1.165) is 11.0 Å². The van der Waals surface area contributed by atoms with Gasteiger partial charge in [-0.15, -0.1) is 11.3 Å². The third-order valence-electron chi connectivity index (χ3n) is 3.48. The van der Waals surface area contributed by atoms with Crippen molar-refractivity contribution < 1.29 is 9.21 Å². The van der Waals surface area contributed by atoms with E-state index in [4.69, 9.17) is 4.42 Å². The normalized spacial score (nSPS) is 11.0. The molecular weight excluding hydrogens is 312 g/mol. The van der Waals surface area contributed by atoms with Crippen LogP contribution in [0.1, 0.15) is 10.5 Å². The smallest absolute Gasteiger partial charge is 0.277 e. The van der Waals surface area contributed by atoms with E-state index < -0.39 is 0 Å². The van der Waals surface area contributed by atoms with Gasteiger partial charge in [0.2, 0.25) is 5.95 Å². The SMILES string of the molecule is Cn1c(NC(=O)c2csc(-c3ccco3)n2)nc2ccccc21. The van der Waals surface area contributed by atoms with Gasteiger partial charge in [0, 0.05) is 12.4 Å². The van der Waals surface area contributed by atoms with Gasteiger partial charge in [-0.25, -0.2) is 9.97 Å². The Morgan fingerprint density at radius 2 is 2.09 bits per heavy atom. The Morgan fingerprint density at radius 1 is 1.22 bits per heavy atom. The van der Waals surface area contributed by atoms with Crippen LogP contribution in [0.4, 0.5) is 5.95 Å². The number of aryl methyl sites for hydroxylation is 1. The first-order chi connectivity index (χ1) is 11.2. The summed E-state index contributed by atoms with van der Waals surface area (Å²) in [7, 11) is 1.86. The monoisotopic (exact) mass is 324 g/mol. The molecule has 0 bridgehead atoms. The lowest BCUT2D eigenvalue weighted by molar-refractivity contribution is 0.102. The molecule has 23 heavy (non-hydrogen) atoms. The summed E-state index contributed by atoms with van der Waals surface area (Å²) in [5.74, 6) is 0.845. The number of carbonyl (C=O) groups excluding carboxylic acids is 1. The number of thiazole rings is 1. The Morgan fingerprint density at radius 3 is 2.87 bits per heavy atom. The predicted molar refractivity (Wildman–Crippen MR) is 88.5 cm³/mol. The summed E-state index contributed by atoms with van der Waals surface area (Å²) >= 11 is 1.36. The van der Waals surface area contributed by atoms with E-state index in [-0.39, 0.29) is 5.91 Å². The van der Waals surface area contributed by atoms with E-state index in [1.54, 1.807) is 17.7 Å². The van der Waals surface area contributed by atoms with Gasteiger partial charge >= 0.3 is 0 Å². The molecule has 0 saturated heterocycles. The summed E-state index contributed by atoms with van der Waals surface area (Å²) in [6, 6.07) is 11.3. The van der Waals surface area contributed by atoms with Crippen molar-refractivity contribution in [3.05, 3.63) is 53.7 Å². The lowest BCUT2D eigenvalue weighted by Gasteiger charge is -2.02. The number of nitrogens with zero attached hydrogens (tertiary/aromatic N) is 3. The van der Waals surface area contributed by atoms with Crippen molar-refractivity contribution in [2.45, 2.75) is 0 Å². The molecule has 0 unspecified atom stereocenters.